The summed E-state index contributed by atoms with van der Waals surface area (Å²) in [6.45, 7) is 0. The van der Waals surface area contributed by atoms with Crippen molar-refractivity contribution >= 4 is 34.8 Å². The van der Waals surface area contributed by atoms with E-state index in [1.165, 1.54) is 22.5 Å². The highest BCUT2D eigenvalue weighted by molar-refractivity contribution is 7.16. The molecule has 5 aromatic heterocycles. The number of ether oxygens (including phenoxy) is 1. The predicted octanol–water partition coefficient (Wildman–Crippen LogP) is 5.77. The number of aromatic nitrogens is 5. The number of hydrogen-bond donors (Lipinski definition) is 4. The fourth-order valence-electron chi connectivity index (χ4n) is 8.17. The third kappa shape index (κ3) is 4.40. The van der Waals surface area contributed by atoms with Gasteiger partial charge in [0.2, 0.25) is 0 Å². The monoisotopic (exact) mass is 677 g/mol. The number of nitrogens with one attached hydrogen (secondary N) is 4. The standard InChI is InChI=1S/C20H18N4O2S.C16H14ClN3O/c1-26-19-22-9-15(27-19)13-6-12-10(8-21-13)2-3-11-16-14(23-17(11)12)7-20(4-5-20)24-18(16)25;17-12-5-10-8(7-18-12)1-2-9-13-11(19-14(9)10)6-16(3-4-16)20-15(13)21/h6,8-9,23H,2-5,7H2,1H3,(H,24,25);5,7,19H,1-4,6H2,(H,20,21). The van der Waals surface area contributed by atoms with Crippen molar-refractivity contribution in [3.05, 3.63) is 80.6 Å². The van der Waals surface area contributed by atoms with Crippen LogP contribution in [0.5, 0.6) is 5.19 Å². The number of amides is 2. The fourth-order valence-corrected chi connectivity index (χ4v) is 9.03. The van der Waals surface area contributed by atoms with Gasteiger partial charge >= 0.3 is 0 Å². The maximum absolute atomic E-state index is 12.7. The van der Waals surface area contributed by atoms with Crippen molar-refractivity contribution in [3.8, 4) is 38.3 Å². The number of nitrogens with zero attached hydrogens (tertiary/aromatic N) is 3. The lowest BCUT2D eigenvalue weighted by molar-refractivity contribution is 0.0908. The number of methoxy groups -OCH3 is 1. The van der Waals surface area contributed by atoms with E-state index >= 15 is 0 Å². The summed E-state index contributed by atoms with van der Waals surface area (Å²) in [5.41, 5.74) is 14.0. The van der Waals surface area contributed by atoms with Gasteiger partial charge in [0.05, 0.1) is 46.4 Å². The molecule has 0 atom stereocenters. The summed E-state index contributed by atoms with van der Waals surface area (Å²) in [6.07, 6.45) is 15.4. The molecule has 2 spiro atoms. The Morgan fingerprint density at radius 1 is 0.750 bits per heavy atom. The molecule has 2 aliphatic heterocycles. The zero-order valence-corrected chi connectivity index (χ0v) is 27.9. The number of aromatic amines is 2. The number of pyridine rings is 2. The lowest BCUT2D eigenvalue weighted by Gasteiger charge is -2.24. The molecular weight excluding hydrogens is 646 g/mol. The molecule has 2 fully saturated rings. The molecule has 6 aliphatic rings. The summed E-state index contributed by atoms with van der Waals surface area (Å²) >= 11 is 7.53. The van der Waals surface area contributed by atoms with Crippen molar-refractivity contribution in [3.63, 3.8) is 0 Å². The van der Waals surface area contributed by atoms with Crippen LogP contribution in [0.25, 0.3) is 33.1 Å². The Kier molecular flexibility index (Phi) is 5.96. The molecule has 0 unspecified atom stereocenters. The zero-order chi connectivity index (χ0) is 32.4. The summed E-state index contributed by atoms with van der Waals surface area (Å²) in [5.74, 6) is 0.186. The number of carbonyl (C=O) groups excluding carboxylic acids is 2. The highest BCUT2D eigenvalue weighted by atomic mass is 35.5. The molecule has 0 radical (unpaired) electrons. The van der Waals surface area contributed by atoms with Crippen LogP contribution in [0.1, 0.15) is 80.0 Å². The van der Waals surface area contributed by atoms with E-state index in [0.717, 1.165) is 131 Å². The lowest BCUT2D eigenvalue weighted by Crippen LogP contribution is -2.43. The summed E-state index contributed by atoms with van der Waals surface area (Å²) in [4.78, 5) is 46.4. The van der Waals surface area contributed by atoms with Crippen molar-refractivity contribution in [2.75, 3.05) is 7.11 Å². The largest absolute Gasteiger partial charge is 0.473 e. The minimum atomic E-state index is 0.0168. The third-order valence-corrected chi connectivity index (χ3v) is 12.2. The van der Waals surface area contributed by atoms with E-state index in [9.17, 15) is 9.59 Å². The van der Waals surface area contributed by atoms with Crippen LogP contribution < -0.4 is 15.4 Å². The second-order valence-corrected chi connectivity index (χ2v) is 15.5. The first-order chi connectivity index (χ1) is 23.3. The molecule has 10 nitrogen and oxygen atoms in total. The first-order valence-electron chi connectivity index (χ1n) is 16.6. The molecule has 7 heterocycles. The molecule has 242 valence electrons. The number of rotatable bonds is 2. The quantitative estimate of drug-likeness (QED) is 0.175. The molecule has 0 bridgehead atoms. The Hall–Kier alpha value is -4.48. The summed E-state index contributed by atoms with van der Waals surface area (Å²) in [6, 6.07) is 4.02. The molecule has 2 amide bonds. The third-order valence-electron chi connectivity index (χ3n) is 11.0. The maximum Gasteiger partial charge on any atom is 0.273 e. The van der Waals surface area contributed by atoms with Gasteiger partial charge in [-0.2, -0.15) is 0 Å². The van der Waals surface area contributed by atoms with Crippen molar-refractivity contribution in [1.29, 1.82) is 0 Å². The van der Waals surface area contributed by atoms with Gasteiger partial charge in [-0.25, -0.2) is 9.97 Å². The van der Waals surface area contributed by atoms with Crippen LogP contribution in [0.2, 0.25) is 5.15 Å². The first kappa shape index (κ1) is 28.5. The van der Waals surface area contributed by atoms with Crippen LogP contribution >= 0.6 is 22.9 Å². The number of H-pyrrole nitrogens is 2. The minimum Gasteiger partial charge on any atom is -0.473 e. The number of thiazole rings is 1. The Balaban J connectivity index is 0.000000127. The minimum absolute atomic E-state index is 0.0168. The van der Waals surface area contributed by atoms with Gasteiger partial charge < -0.3 is 25.3 Å². The van der Waals surface area contributed by atoms with Crippen LogP contribution in [0.15, 0.2) is 30.7 Å². The second-order valence-electron chi connectivity index (χ2n) is 14.1. The number of halogens is 1. The van der Waals surface area contributed by atoms with Crippen molar-refractivity contribution in [2.45, 2.75) is 75.3 Å². The Morgan fingerprint density at radius 2 is 1.31 bits per heavy atom. The SMILES string of the molecule is COc1ncc(-c2cc3c(cn2)CCc2c-3[nH]c3c2C(=O)NC2(CC2)C3)s1.O=C1NC2(CC2)Cc2[nH]c3c(c21)CCc1cnc(Cl)cc1-3. The average molecular weight is 678 g/mol. The molecule has 0 saturated heterocycles. The smallest absolute Gasteiger partial charge is 0.273 e. The van der Waals surface area contributed by atoms with E-state index in [0.29, 0.717) is 10.3 Å². The van der Waals surface area contributed by atoms with Gasteiger partial charge in [-0.05, 0) is 85.8 Å². The molecule has 12 heteroatoms. The van der Waals surface area contributed by atoms with Crippen LogP contribution in [0, 0.1) is 0 Å². The van der Waals surface area contributed by atoms with Crippen LogP contribution in [0.3, 0.4) is 0 Å². The van der Waals surface area contributed by atoms with E-state index in [1.807, 2.05) is 18.5 Å². The van der Waals surface area contributed by atoms with Gasteiger partial charge in [0, 0.05) is 58.8 Å². The highest BCUT2D eigenvalue weighted by Crippen LogP contribution is 2.47. The second kappa shape index (κ2) is 10.0. The van der Waals surface area contributed by atoms with E-state index in [2.05, 4.69) is 41.6 Å². The molecular formula is C36H32ClN7O3S. The molecule has 11 rings (SSSR count). The Bertz CT molecular complexity index is 2220. The van der Waals surface area contributed by atoms with Gasteiger partial charge in [0.1, 0.15) is 5.15 Å². The van der Waals surface area contributed by atoms with Crippen LogP contribution in [0.4, 0.5) is 0 Å². The van der Waals surface area contributed by atoms with Crippen LogP contribution in [-0.4, -0.2) is 54.9 Å². The molecule has 4 aliphatic carbocycles. The predicted molar refractivity (Wildman–Crippen MR) is 182 cm³/mol. The first-order valence-corrected chi connectivity index (χ1v) is 17.8. The Morgan fingerprint density at radius 3 is 1.85 bits per heavy atom. The van der Waals surface area contributed by atoms with Crippen LogP contribution in [-0.2, 0) is 38.5 Å². The summed E-state index contributed by atoms with van der Waals surface area (Å²) in [7, 11) is 1.62. The van der Waals surface area contributed by atoms with Gasteiger partial charge in [-0.3, -0.25) is 14.6 Å². The summed E-state index contributed by atoms with van der Waals surface area (Å²) in [5, 5.41) is 7.56. The molecule has 48 heavy (non-hydrogen) atoms. The van der Waals surface area contributed by atoms with Gasteiger partial charge in [-0.15, -0.1) is 0 Å². The number of carbonyl (C=O) groups is 2. The number of aryl methyl sites for hydroxylation is 2. The topological polar surface area (TPSA) is 138 Å². The van der Waals surface area contributed by atoms with Crippen molar-refractivity contribution in [2.24, 2.45) is 0 Å². The summed E-state index contributed by atoms with van der Waals surface area (Å²) < 4.78 is 5.21. The molecule has 5 aromatic rings. The fraction of sp³-hybridized carbons (Fsp3) is 0.361. The van der Waals surface area contributed by atoms with Gasteiger partial charge in [0.25, 0.3) is 17.0 Å². The average Bonchev–Trinajstić information content (AvgIpc) is 3.79. The van der Waals surface area contributed by atoms with E-state index in [-0.39, 0.29) is 22.9 Å². The normalized spacial score (nSPS) is 19.4. The zero-order valence-electron chi connectivity index (χ0n) is 26.3. The van der Waals surface area contributed by atoms with Crippen molar-refractivity contribution in [1.82, 2.24) is 35.6 Å². The van der Waals surface area contributed by atoms with Gasteiger partial charge in [-0.1, -0.05) is 22.9 Å². The van der Waals surface area contributed by atoms with Crippen molar-refractivity contribution < 1.29 is 14.3 Å². The molecule has 0 aromatic carbocycles. The van der Waals surface area contributed by atoms with E-state index in [4.69, 9.17) is 16.3 Å². The molecule has 2 saturated carbocycles. The molecule has 4 N–H and O–H groups in total. The lowest BCUT2D eigenvalue weighted by atomic mass is 9.87. The van der Waals surface area contributed by atoms with E-state index in [1.54, 1.807) is 13.3 Å². The number of fused-ring (bicyclic) bond motifs is 10. The van der Waals surface area contributed by atoms with E-state index < -0.39 is 0 Å². The number of hydrogen-bond acceptors (Lipinski definition) is 7. The Labute approximate surface area is 285 Å². The van der Waals surface area contributed by atoms with Gasteiger partial charge in [0.15, 0.2) is 0 Å². The highest BCUT2D eigenvalue weighted by Gasteiger charge is 2.50. The maximum atomic E-state index is 12.7.